The lowest BCUT2D eigenvalue weighted by Gasteiger charge is -2.39. The zero-order valence-corrected chi connectivity index (χ0v) is 14.5. The number of rotatable bonds is 3. The van der Waals surface area contributed by atoms with Crippen LogP contribution in [-0.4, -0.2) is 69.2 Å². The van der Waals surface area contributed by atoms with Crippen molar-refractivity contribution in [3.05, 3.63) is 0 Å². The Kier molecular flexibility index (Phi) is 5.93. The molecule has 0 amide bonds. The van der Waals surface area contributed by atoms with Crippen molar-refractivity contribution in [3.63, 3.8) is 0 Å². The summed E-state index contributed by atoms with van der Waals surface area (Å²) in [5.41, 5.74) is 0. The largest absolute Gasteiger partial charge is 0.314 e. The number of nitrogens with zero attached hydrogens (tertiary/aromatic N) is 2. The number of halogens is 1. The van der Waals surface area contributed by atoms with E-state index >= 15 is 0 Å². The molecule has 3 unspecified atom stereocenters. The number of likely N-dealkylation sites (tertiary alicyclic amines) is 1. The van der Waals surface area contributed by atoms with Gasteiger partial charge in [0.15, 0.2) is 0 Å². The van der Waals surface area contributed by atoms with Gasteiger partial charge >= 0.3 is 0 Å². The average molecular weight is 338 g/mol. The Morgan fingerprint density at radius 2 is 1.95 bits per heavy atom. The van der Waals surface area contributed by atoms with Gasteiger partial charge < -0.3 is 10.2 Å². The Hall–Kier alpha value is 0.120. The second-order valence-electron chi connectivity index (χ2n) is 6.79. The van der Waals surface area contributed by atoms with Gasteiger partial charge in [-0.2, -0.15) is 0 Å². The molecule has 1 N–H and O–H groups in total. The lowest BCUT2D eigenvalue weighted by atomic mass is 9.91. The van der Waals surface area contributed by atoms with E-state index in [4.69, 9.17) is 0 Å². The topological polar surface area (TPSA) is 52.7 Å². The quantitative estimate of drug-likeness (QED) is 0.826. The summed E-state index contributed by atoms with van der Waals surface area (Å²) in [6.45, 7) is 6.06. The molecule has 3 heterocycles. The lowest BCUT2D eigenvalue weighted by molar-refractivity contribution is 0.121. The van der Waals surface area contributed by atoms with Crippen molar-refractivity contribution in [2.24, 2.45) is 11.8 Å². The standard InChI is InChI=1S/C14H27N3O2S.ClH/c1-20(18,19)17-7-2-3-12(10-17)9-16-8-5-14-13(11-16)4-6-15-14;/h12-15H,2-11H2,1H3;1H. The molecule has 0 aromatic heterocycles. The van der Waals surface area contributed by atoms with Crippen molar-refractivity contribution in [2.75, 3.05) is 45.5 Å². The molecule has 0 spiro atoms. The fraction of sp³-hybridized carbons (Fsp3) is 1.00. The maximum absolute atomic E-state index is 11.7. The van der Waals surface area contributed by atoms with E-state index in [2.05, 4.69) is 10.2 Å². The van der Waals surface area contributed by atoms with Crippen molar-refractivity contribution >= 4 is 22.4 Å². The number of hydrogen-bond acceptors (Lipinski definition) is 4. The minimum atomic E-state index is -3.01. The van der Waals surface area contributed by atoms with Crippen molar-refractivity contribution in [2.45, 2.75) is 31.7 Å². The Morgan fingerprint density at radius 3 is 2.71 bits per heavy atom. The Labute approximate surface area is 134 Å². The van der Waals surface area contributed by atoms with Crippen LogP contribution in [-0.2, 0) is 10.0 Å². The van der Waals surface area contributed by atoms with E-state index in [9.17, 15) is 8.42 Å². The average Bonchev–Trinajstić information content (AvgIpc) is 2.85. The number of piperidine rings is 2. The van der Waals surface area contributed by atoms with E-state index in [1.54, 1.807) is 4.31 Å². The van der Waals surface area contributed by atoms with E-state index in [1.807, 2.05) is 0 Å². The molecule has 3 rings (SSSR count). The van der Waals surface area contributed by atoms with Gasteiger partial charge in [-0.25, -0.2) is 12.7 Å². The molecule has 3 saturated heterocycles. The summed E-state index contributed by atoms with van der Waals surface area (Å²) >= 11 is 0. The van der Waals surface area contributed by atoms with Crippen LogP contribution in [0.3, 0.4) is 0 Å². The summed E-state index contributed by atoms with van der Waals surface area (Å²) in [5, 5.41) is 3.60. The molecule has 7 heteroatoms. The van der Waals surface area contributed by atoms with Crippen LogP contribution < -0.4 is 5.32 Å². The molecule has 0 radical (unpaired) electrons. The first-order valence-corrected chi connectivity index (χ1v) is 9.78. The second kappa shape index (κ2) is 7.13. The summed E-state index contributed by atoms with van der Waals surface area (Å²) in [6.07, 6.45) is 6.09. The molecule has 21 heavy (non-hydrogen) atoms. The highest BCUT2D eigenvalue weighted by Gasteiger charge is 2.34. The van der Waals surface area contributed by atoms with Crippen LogP contribution in [0.2, 0.25) is 0 Å². The molecule has 0 bridgehead atoms. The SMILES string of the molecule is CS(=O)(=O)N1CCCC(CN2CCC3NCCC3C2)C1.Cl. The van der Waals surface area contributed by atoms with E-state index in [0.717, 1.165) is 31.5 Å². The molecule has 5 nitrogen and oxygen atoms in total. The Morgan fingerprint density at radius 1 is 1.14 bits per heavy atom. The van der Waals surface area contributed by atoms with E-state index in [-0.39, 0.29) is 12.4 Å². The van der Waals surface area contributed by atoms with E-state index in [0.29, 0.717) is 12.5 Å². The Balaban J connectivity index is 0.00000161. The monoisotopic (exact) mass is 337 g/mol. The predicted molar refractivity (Wildman–Crippen MR) is 87.3 cm³/mol. The molecule has 0 aromatic rings. The molecule has 0 aliphatic carbocycles. The van der Waals surface area contributed by atoms with Crippen molar-refractivity contribution < 1.29 is 8.42 Å². The first-order valence-electron chi connectivity index (χ1n) is 7.93. The van der Waals surface area contributed by atoms with Gasteiger partial charge in [-0.05, 0) is 50.6 Å². The van der Waals surface area contributed by atoms with E-state index < -0.39 is 10.0 Å². The molecule has 124 valence electrons. The summed E-state index contributed by atoms with van der Waals surface area (Å²) < 4.78 is 25.0. The van der Waals surface area contributed by atoms with Gasteiger partial charge in [0.2, 0.25) is 10.0 Å². The highest BCUT2D eigenvalue weighted by atomic mass is 35.5. The van der Waals surface area contributed by atoms with Gasteiger partial charge in [-0.15, -0.1) is 12.4 Å². The highest BCUT2D eigenvalue weighted by Crippen LogP contribution is 2.27. The molecule has 3 fully saturated rings. The first-order chi connectivity index (χ1) is 9.52. The summed E-state index contributed by atoms with van der Waals surface area (Å²) in [5.74, 6) is 1.34. The lowest BCUT2D eigenvalue weighted by Crippen LogP contribution is -2.48. The third-order valence-corrected chi connectivity index (χ3v) is 6.48. The van der Waals surface area contributed by atoms with Gasteiger partial charge in [-0.1, -0.05) is 0 Å². The third-order valence-electron chi connectivity index (χ3n) is 5.21. The summed E-state index contributed by atoms with van der Waals surface area (Å²) in [6, 6.07) is 0.741. The van der Waals surface area contributed by atoms with Crippen LogP contribution in [0, 0.1) is 11.8 Å². The fourth-order valence-electron chi connectivity index (χ4n) is 4.13. The zero-order valence-electron chi connectivity index (χ0n) is 12.8. The van der Waals surface area contributed by atoms with Crippen LogP contribution in [0.15, 0.2) is 0 Å². The molecular weight excluding hydrogens is 310 g/mol. The van der Waals surface area contributed by atoms with Gasteiger partial charge in [0.05, 0.1) is 6.26 Å². The maximum Gasteiger partial charge on any atom is 0.211 e. The number of sulfonamides is 1. The maximum atomic E-state index is 11.7. The van der Waals surface area contributed by atoms with Crippen LogP contribution >= 0.6 is 12.4 Å². The molecule has 0 saturated carbocycles. The van der Waals surface area contributed by atoms with Crippen molar-refractivity contribution in [3.8, 4) is 0 Å². The molecular formula is C14H28ClN3O2S. The molecule has 3 aliphatic rings. The third kappa shape index (κ3) is 4.32. The minimum Gasteiger partial charge on any atom is -0.314 e. The van der Waals surface area contributed by atoms with Crippen LogP contribution in [0.4, 0.5) is 0 Å². The van der Waals surface area contributed by atoms with Crippen molar-refractivity contribution in [1.29, 1.82) is 0 Å². The van der Waals surface area contributed by atoms with Crippen LogP contribution in [0.5, 0.6) is 0 Å². The number of fused-ring (bicyclic) bond motifs is 1. The van der Waals surface area contributed by atoms with Gasteiger partial charge in [-0.3, -0.25) is 0 Å². The normalized spacial score (nSPS) is 35.2. The second-order valence-corrected chi connectivity index (χ2v) is 8.77. The van der Waals surface area contributed by atoms with Crippen molar-refractivity contribution in [1.82, 2.24) is 14.5 Å². The summed E-state index contributed by atoms with van der Waals surface area (Å²) in [7, 11) is -3.01. The minimum absolute atomic E-state index is 0. The first kappa shape index (κ1) is 17.5. The van der Waals surface area contributed by atoms with E-state index in [1.165, 1.54) is 45.2 Å². The smallest absolute Gasteiger partial charge is 0.211 e. The number of nitrogens with one attached hydrogen (secondary N) is 1. The number of hydrogen-bond donors (Lipinski definition) is 1. The van der Waals surface area contributed by atoms with Crippen LogP contribution in [0.25, 0.3) is 0 Å². The molecule has 3 aliphatic heterocycles. The zero-order chi connectivity index (χ0) is 14.2. The predicted octanol–water partition coefficient (Wildman–Crippen LogP) is 0.764. The summed E-state index contributed by atoms with van der Waals surface area (Å²) in [4.78, 5) is 2.57. The Bertz CT molecular complexity index is 446. The van der Waals surface area contributed by atoms with Crippen LogP contribution in [0.1, 0.15) is 25.7 Å². The molecule has 0 aromatic carbocycles. The van der Waals surface area contributed by atoms with Gasteiger partial charge in [0.1, 0.15) is 0 Å². The fourth-order valence-corrected chi connectivity index (χ4v) is 5.07. The van der Waals surface area contributed by atoms with Gasteiger partial charge in [0.25, 0.3) is 0 Å². The van der Waals surface area contributed by atoms with Gasteiger partial charge in [0, 0.05) is 32.2 Å². The highest BCUT2D eigenvalue weighted by molar-refractivity contribution is 7.88. The molecule has 3 atom stereocenters.